The molecule has 0 unspecified atom stereocenters. The molecule has 0 fully saturated rings. The third-order valence-corrected chi connectivity index (χ3v) is 5.82. The lowest BCUT2D eigenvalue weighted by molar-refractivity contribution is -0.116. The maximum Gasteiger partial charge on any atom is 0.224 e. The van der Waals surface area contributed by atoms with E-state index < -0.39 is 0 Å². The minimum absolute atomic E-state index is 0.0271. The van der Waals surface area contributed by atoms with Crippen molar-refractivity contribution in [3.05, 3.63) is 76.7 Å². The summed E-state index contributed by atoms with van der Waals surface area (Å²) in [6, 6.07) is 16.0. The molecule has 2 aromatic carbocycles. The van der Waals surface area contributed by atoms with Gasteiger partial charge < -0.3 is 9.73 Å². The van der Waals surface area contributed by atoms with Gasteiger partial charge in [-0.05, 0) is 75.2 Å². The molecule has 0 radical (unpaired) electrons. The number of benzene rings is 2. The van der Waals surface area contributed by atoms with Gasteiger partial charge in [0, 0.05) is 28.3 Å². The number of hydrogen-bond donors (Lipinski definition) is 1. The van der Waals surface area contributed by atoms with Crippen molar-refractivity contribution in [2.75, 3.05) is 5.32 Å². The summed E-state index contributed by atoms with van der Waals surface area (Å²) in [6.45, 7) is 7.47. The summed E-state index contributed by atoms with van der Waals surface area (Å²) in [5.74, 6) is 1.15. The summed E-state index contributed by atoms with van der Waals surface area (Å²) in [5.41, 5.74) is 3.83. The topological polar surface area (TPSA) is 59.3 Å². The summed E-state index contributed by atoms with van der Waals surface area (Å²) in [5, 5.41) is 2.91. The first kappa shape index (κ1) is 20.9. The molecule has 0 aliphatic heterocycles. The quantitative estimate of drug-likeness (QED) is 0.479. The fraction of sp³-hybridized carbons (Fsp3) is 0.250. The summed E-state index contributed by atoms with van der Waals surface area (Å²) in [6.07, 6.45) is 0.754. The van der Waals surface area contributed by atoms with Gasteiger partial charge in [-0.25, -0.2) is 0 Å². The number of carbonyl (C=O) groups excluding carboxylic acids is 2. The number of amides is 1. The van der Waals surface area contributed by atoms with Crippen molar-refractivity contribution in [1.82, 2.24) is 0 Å². The highest BCUT2D eigenvalue weighted by Crippen LogP contribution is 2.31. The smallest absolute Gasteiger partial charge is 0.224 e. The van der Waals surface area contributed by atoms with E-state index in [9.17, 15) is 9.59 Å². The second kappa shape index (κ2) is 9.14. The van der Waals surface area contributed by atoms with Crippen molar-refractivity contribution in [3.8, 4) is 0 Å². The minimum atomic E-state index is -0.0849. The van der Waals surface area contributed by atoms with Gasteiger partial charge in [0.05, 0.1) is 5.56 Å². The Morgan fingerprint density at radius 3 is 2.38 bits per heavy atom. The van der Waals surface area contributed by atoms with Crippen LogP contribution in [-0.2, 0) is 11.2 Å². The Balaban J connectivity index is 1.55. The Morgan fingerprint density at radius 2 is 1.72 bits per heavy atom. The molecule has 3 rings (SSSR count). The van der Waals surface area contributed by atoms with Gasteiger partial charge in [-0.3, -0.25) is 9.59 Å². The van der Waals surface area contributed by atoms with E-state index in [1.54, 1.807) is 24.8 Å². The highest BCUT2D eigenvalue weighted by molar-refractivity contribution is 7.99. The van der Waals surface area contributed by atoms with Crippen LogP contribution in [0.5, 0.6) is 0 Å². The van der Waals surface area contributed by atoms with Gasteiger partial charge in [0.1, 0.15) is 11.5 Å². The molecule has 29 heavy (non-hydrogen) atoms. The molecule has 4 nitrogen and oxygen atoms in total. The third-order valence-electron chi connectivity index (χ3n) is 4.66. The number of ketones is 1. The van der Waals surface area contributed by atoms with Crippen molar-refractivity contribution >= 4 is 29.1 Å². The number of aryl methyl sites for hydroxylation is 4. The summed E-state index contributed by atoms with van der Waals surface area (Å²) in [7, 11) is 0. The van der Waals surface area contributed by atoms with Crippen LogP contribution in [0, 0.1) is 20.8 Å². The van der Waals surface area contributed by atoms with E-state index in [1.807, 2.05) is 24.3 Å². The molecule has 150 valence electrons. The standard InChI is InChI=1S/C24H25NO3S/c1-15-5-6-16(2)23(13-15)29-21-10-7-19(8-11-21)25-24(27)12-9-20-14-22(17(3)26)18(4)28-20/h5-8,10-11,13-14H,9,12H2,1-4H3,(H,25,27). The van der Waals surface area contributed by atoms with Crippen molar-refractivity contribution in [1.29, 1.82) is 0 Å². The average Bonchev–Trinajstić information content (AvgIpc) is 3.06. The van der Waals surface area contributed by atoms with Crippen LogP contribution >= 0.6 is 11.8 Å². The molecule has 1 N–H and O–H groups in total. The van der Waals surface area contributed by atoms with E-state index in [4.69, 9.17) is 4.42 Å². The van der Waals surface area contributed by atoms with Crippen LogP contribution in [0.1, 0.15) is 46.3 Å². The Labute approximate surface area is 175 Å². The SMILES string of the molecule is CC(=O)c1cc(CCC(=O)Nc2ccc(Sc3cc(C)ccc3C)cc2)oc1C. The predicted octanol–water partition coefficient (Wildman–Crippen LogP) is 6.13. The second-order valence-corrected chi connectivity index (χ2v) is 8.30. The molecule has 5 heteroatoms. The Bertz CT molecular complexity index is 1030. The molecule has 0 atom stereocenters. The maximum atomic E-state index is 12.2. The molecule has 0 spiro atoms. The average molecular weight is 408 g/mol. The van der Waals surface area contributed by atoms with E-state index in [0.29, 0.717) is 29.9 Å². The zero-order chi connectivity index (χ0) is 21.0. The number of rotatable bonds is 7. The molecule has 1 heterocycles. The predicted molar refractivity (Wildman–Crippen MR) is 117 cm³/mol. The number of anilines is 1. The van der Waals surface area contributed by atoms with E-state index in [0.717, 1.165) is 10.6 Å². The minimum Gasteiger partial charge on any atom is -0.466 e. The van der Waals surface area contributed by atoms with Crippen LogP contribution in [0.25, 0.3) is 0 Å². The van der Waals surface area contributed by atoms with Gasteiger partial charge in [0.2, 0.25) is 5.91 Å². The van der Waals surface area contributed by atoms with Gasteiger partial charge in [0.25, 0.3) is 0 Å². The van der Waals surface area contributed by atoms with Gasteiger partial charge in [0.15, 0.2) is 5.78 Å². The largest absolute Gasteiger partial charge is 0.466 e. The zero-order valence-corrected chi connectivity index (χ0v) is 18.0. The lowest BCUT2D eigenvalue weighted by Gasteiger charge is -2.08. The highest BCUT2D eigenvalue weighted by Gasteiger charge is 2.12. The number of Topliss-reactive ketones (excluding diaryl/α,β-unsaturated/α-hetero) is 1. The zero-order valence-electron chi connectivity index (χ0n) is 17.2. The first-order chi connectivity index (χ1) is 13.8. The van der Waals surface area contributed by atoms with E-state index >= 15 is 0 Å². The molecular formula is C24H25NO3S. The Hall–Kier alpha value is -2.79. The normalized spacial score (nSPS) is 10.8. The molecular weight excluding hydrogens is 382 g/mol. The fourth-order valence-corrected chi connectivity index (χ4v) is 4.03. The molecule has 0 aliphatic rings. The molecule has 0 saturated heterocycles. The molecule has 3 aromatic rings. The number of nitrogens with one attached hydrogen (secondary N) is 1. The number of furan rings is 1. The van der Waals surface area contributed by atoms with Crippen LogP contribution in [0.3, 0.4) is 0 Å². The lowest BCUT2D eigenvalue weighted by Crippen LogP contribution is -2.12. The van der Waals surface area contributed by atoms with Gasteiger partial charge in [-0.1, -0.05) is 23.9 Å². The van der Waals surface area contributed by atoms with Crippen molar-refractivity contribution < 1.29 is 14.0 Å². The van der Waals surface area contributed by atoms with Crippen LogP contribution in [0.2, 0.25) is 0 Å². The van der Waals surface area contributed by atoms with Gasteiger partial charge >= 0.3 is 0 Å². The monoisotopic (exact) mass is 407 g/mol. The van der Waals surface area contributed by atoms with Crippen molar-refractivity contribution in [2.24, 2.45) is 0 Å². The first-order valence-corrected chi connectivity index (χ1v) is 10.4. The van der Waals surface area contributed by atoms with E-state index in [2.05, 4.69) is 37.4 Å². The second-order valence-electron chi connectivity index (χ2n) is 7.18. The van der Waals surface area contributed by atoms with Crippen LogP contribution in [-0.4, -0.2) is 11.7 Å². The van der Waals surface area contributed by atoms with Gasteiger partial charge in [-0.2, -0.15) is 0 Å². The number of hydrogen-bond acceptors (Lipinski definition) is 4. The first-order valence-electron chi connectivity index (χ1n) is 9.57. The van der Waals surface area contributed by atoms with Gasteiger partial charge in [-0.15, -0.1) is 0 Å². The van der Waals surface area contributed by atoms with Crippen LogP contribution in [0.15, 0.2) is 62.7 Å². The summed E-state index contributed by atoms with van der Waals surface area (Å²) in [4.78, 5) is 26.1. The van der Waals surface area contributed by atoms with Crippen LogP contribution in [0.4, 0.5) is 5.69 Å². The number of carbonyl (C=O) groups is 2. The molecule has 0 saturated carbocycles. The lowest BCUT2D eigenvalue weighted by atomic mass is 10.1. The van der Waals surface area contributed by atoms with Crippen molar-refractivity contribution in [2.45, 2.75) is 50.3 Å². The Kier molecular flexibility index (Phi) is 6.60. The highest BCUT2D eigenvalue weighted by atomic mass is 32.2. The summed E-state index contributed by atoms with van der Waals surface area (Å²) >= 11 is 1.72. The van der Waals surface area contributed by atoms with E-state index in [-0.39, 0.29) is 11.7 Å². The fourth-order valence-electron chi connectivity index (χ4n) is 3.03. The molecule has 1 amide bonds. The van der Waals surface area contributed by atoms with E-state index in [1.165, 1.54) is 22.9 Å². The van der Waals surface area contributed by atoms with Crippen molar-refractivity contribution in [3.63, 3.8) is 0 Å². The van der Waals surface area contributed by atoms with Crippen LogP contribution < -0.4 is 5.32 Å². The molecule has 1 aromatic heterocycles. The molecule has 0 bridgehead atoms. The Morgan fingerprint density at radius 1 is 1.00 bits per heavy atom. The summed E-state index contributed by atoms with van der Waals surface area (Å²) < 4.78 is 5.56. The maximum absolute atomic E-state index is 12.2. The third kappa shape index (κ3) is 5.61. The molecule has 0 aliphatic carbocycles.